The van der Waals surface area contributed by atoms with E-state index in [-0.39, 0.29) is 35.4 Å². The molecule has 1 saturated heterocycles. The number of nitrogens with two attached hydrogens (primary N) is 2. The van der Waals surface area contributed by atoms with Crippen LogP contribution in [0.3, 0.4) is 0 Å². The summed E-state index contributed by atoms with van der Waals surface area (Å²) >= 11 is 3.46. The van der Waals surface area contributed by atoms with Crippen LogP contribution in [-0.2, 0) is 10.2 Å². The first-order valence-corrected chi connectivity index (χ1v) is 6.81. The normalized spacial score (nSPS) is 17.3. The van der Waals surface area contributed by atoms with E-state index in [2.05, 4.69) is 45.2 Å². The molecule has 0 aliphatic carbocycles. The molecule has 1 aromatic carbocycles. The number of guanidine groups is 1. The molecule has 0 spiro atoms. The lowest BCUT2D eigenvalue weighted by atomic mass is 9.74. The molecule has 0 unspecified atom stereocenters. The summed E-state index contributed by atoms with van der Waals surface area (Å²) in [6.07, 6.45) is 1.90. The number of rotatable bonds is 3. The van der Waals surface area contributed by atoms with Crippen molar-refractivity contribution in [2.24, 2.45) is 16.5 Å². The summed E-state index contributed by atoms with van der Waals surface area (Å²) < 4.78 is 6.54. The number of ether oxygens (including phenoxy) is 1. The van der Waals surface area contributed by atoms with Gasteiger partial charge in [0.05, 0.1) is 6.54 Å². The van der Waals surface area contributed by atoms with Crippen molar-refractivity contribution < 1.29 is 4.74 Å². The van der Waals surface area contributed by atoms with Crippen LogP contribution in [0, 0.1) is 0 Å². The summed E-state index contributed by atoms with van der Waals surface area (Å²) in [4.78, 5) is 4.22. The fourth-order valence-electron chi connectivity index (χ4n) is 2.35. The molecule has 1 aromatic rings. The van der Waals surface area contributed by atoms with E-state index in [9.17, 15) is 0 Å². The molecule has 19 heavy (non-hydrogen) atoms. The van der Waals surface area contributed by atoms with Crippen molar-refractivity contribution in [1.29, 1.82) is 0 Å². The lowest BCUT2D eigenvalue weighted by molar-refractivity contribution is 0.0531. The summed E-state index contributed by atoms with van der Waals surface area (Å²) in [5.41, 5.74) is 12.2. The second kappa shape index (κ2) is 7.44. The number of benzene rings is 1. The summed E-state index contributed by atoms with van der Waals surface area (Å²) in [6, 6.07) is 8.39. The second-order valence-corrected chi connectivity index (χ2v) is 5.56. The van der Waals surface area contributed by atoms with Gasteiger partial charge in [0.2, 0.25) is 0 Å². The summed E-state index contributed by atoms with van der Waals surface area (Å²) in [5.74, 6) is 0.151. The van der Waals surface area contributed by atoms with Crippen molar-refractivity contribution in [2.75, 3.05) is 19.8 Å². The van der Waals surface area contributed by atoms with Crippen LogP contribution in [0.2, 0.25) is 0 Å². The topological polar surface area (TPSA) is 73.6 Å². The van der Waals surface area contributed by atoms with Crippen molar-refractivity contribution in [3.05, 3.63) is 34.3 Å². The Morgan fingerprint density at radius 3 is 2.32 bits per heavy atom. The highest BCUT2D eigenvalue weighted by Crippen LogP contribution is 2.35. The van der Waals surface area contributed by atoms with Crippen molar-refractivity contribution in [3.63, 3.8) is 0 Å². The number of aliphatic imine (C=N–C) groups is 1. The predicted molar refractivity (Wildman–Crippen MR) is 92.0 cm³/mol. The average molecular weight is 440 g/mol. The van der Waals surface area contributed by atoms with E-state index in [1.807, 2.05) is 0 Å². The van der Waals surface area contributed by atoms with Gasteiger partial charge in [0.15, 0.2) is 5.96 Å². The SMILES string of the molecule is I.NC(N)=NCC1(c2ccc(Br)cc2)CCOCC1. The van der Waals surface area contributed by atoms with E-state index in [0.29, 0.717) is 6.54 Å². The van der Waals surface area contributed by atoms with Gasteiger partial charge in [-0.25, -0.2) is 0 Å². The maximum atomic E-state index is 5.46. The van der Waals surface area contributed by atoms with Crippen molar-refractivity contribution in [2.45, 2.75) is 18.3 Å². The zero-order chi connectivity index (χ0) is 13.0. The van der Waals surface area contributed by atoms with E-state index in [1.54, 1.807) is 0 Å². The number of hydrogen-bond acceptors (Lipinski definition) is 2. The van der Waals surface area contributed by atoms with Gasteiger partial charge in [-0.15, -0.1) is 24.0 Å². The van der Waals surface area contributed by atoms with E-state index >= 15 is 0 Å². The maximum Gasteiger partial charge on any atom is 0.185 e. The minimum absolute atomic E-state index is 0. The van der Waals surface area contributed by atoms with Gasteiger partial charge in [0.1, 0.15) is 0 Å². The van der Waals surface area contributed by atoms with Gasteiger partial charge in [0.25, 0.3) is 0 Å². The fourth-order valence-corrected chi connectivity index (χ4v) is 2.61. The van der Waals surface area contributed by atoms with E-state index in [4.69, 9.17) is 16.2 Å². The average Bonchev–Trinajstić information content (AvgIpc) is 2.38. The van der Waals surface area contributed by atoms with Gasteiger partial charge in [-0.1, -0.05) is 28.1 Å². The Morgan fingerprint density at radius 1 is 1.21 bits per heavy atom. The zero-order valence-electron chi connectivity index (χ0n) is 10.6. The van der Waals surface area contributed by atoms with E-state index in [0.717, 1.165) is 30.5 Å². The number of nitrogens with zero attached hydrogens (tertiary/aromatic N) is 1. The lowest BCUT2D eigenvalue weighted by Crippen LogP contribution is -2.38. The quantitative estimate of drug-likeness (QED) is 0.431. The highest BCUT2D eigenvalue weighted by atomic mass is 127. The van der Waals surface area contributed by atoms with Crippen molar-refractivity contribution in [1.82, 2.24) is 0 Å². The summed E-state index contributed by atoms with van der Waals surface area (Å²) in [6.45, 7) is 2.15. The van der Waals surface area contributed by atoms with Gasteiger partial charge in [-0.3, -0.25) is 4.99 Å². The molecule has 1 aliphatic heterocycles. The van der Waals surface area contributed by atoms with Gasteiger partial charge in [-0.05, 0) is 30.5 Å². The van der Waals surface area contributed by atoms with Crippen LogP contribution in [-0.4, -0.2) is 25.7 Å². The Hall–Kier alpha value is -0.340. The molecule has 0 aromatic heterocycles. The molecule has 0 saturated carbocycles. The van der Waals surface area contributed by atoms with Crippen LogP contribution in [0.1, 0.15) is 18.4 Å². The first-order chi connectivity index (χ1) is 8.62. The Balaban J connectivity index is 0.00000180. The molecule has 106 valence electrons. The molecule has 1 aliphatic rings. The fraction of sp³-hybridized carbons (Fsp3) is 0.462. The third-order valence-corrected chi connectivity index (χ3v) is 4.00. The molecule has 0 atom stereocenters. The van der Waals surface area contributed by atoms with Gasteiger partial charge >= 0.3 is 0 Å². The Morgan fingerprint density at radius 2 is 1.79 bits per heavy atom. The molecule has 1 heterocycles. The second-order valence-electron chi connectivity index (χ2n) is 4.64. The standard InChI is InChI=1S/C13H18BrN3O.HI/c14-11-3-1-10(2-4-11)13(9-17-12(15)16)5-7-18-8-6-13;/h1-4H,5-9H2,(H4,15,16,17);1H. The maximum absolute atomic E-state index is 5.46. The molecule has 4 N–H and O–H groups in total. The largest absolute Gasteiger partial charge is 0.381 e. The Kier molecular flexibility index (Phi) is 6.55. The van der Waals surface area contributed by atoms with E-state index in [1.165, 1.54) is 5.56 Å². The third kappa shape index (κ3) is 4.32. The molecule has 2 rings (SSSR count). The first kappa shape index (κ1) is 16.7. The minimum atomic E-state index is 0. The monoisotopic (exact) mass is 439 g/mol. The van der Waals surface area contributed by atoms with Crippen LogP contribution in [0.25, 0.3) is 0 Å². The molecule has 4 nitrogen and oxygen atoms in total. The number of halogens is 2. The van der Waals surface area contributed by atoms with Crippen LogP contribution in [0.5, 0.6) is 0 Å². The molecule has 0 radical (unpaired) electrons. The van der Waals surface area contributed by atoms with Gasteiger partial charge in [0, 0.05) is 23.1 Å². The lowest BCUT2D eigenvalue weighted by Gasteiger charge is -2.36. The molecule has 0 bridgehead atoms. The number of hydrogen-bond donors (Lipinski definition) is 2. The summed E-state index contributed by atoms with van der Waals surface area (Å²) in [5, 5.41) is 0. The molecule has 1 fully saturated rings. The van der Waals surface area contributed by atoms with Crippen molar-refractivity contribution in [3.8, 4) is 0 Å². The molecule has 0 amide bonds. The Labute approximate surface area is 139 Å². The predicted octanol–water partition coefficient (Wildman–Crippen LogP) is 2.39. The minimum Gasteiger partial charge on any atom is -0.381 e. The Bertz CT molecular complexity index is 426. The highest BCUT2D eigenvalue weighted by molar-refractivity contribution is 14.0. The van der Waals surface area contributed by atoms with Crippen LogP contribution < -0.4 is 11.5 Å². The van der Waals surface area contributed by atoms with Gasteiger partial charge in [-0.2, -0.15) is 0 Å². The highest BCUT2D eigenvalue weighted by Gasteiger charge is 2.34. The van der Waals surface area contributed by atoms with Crippen LogP contribution >= 0.6 is 39.9 Å². The summed E-state index contributed by atoms with van der Waals surface area (Å²) in [7, 11) is 0. The van der Waals surface area contributed by atoms with Gasteiger partial charge < -0.3 is 16.2 Å². The first-order valence-electron chi connectivity index (χ1n) is 6.02. The smallest absolute Gasteiger partial charge is 0.185 e. The zero-order valence-corrected chi connectivity index (χ0v) is 14.6. The van der Waals surface area contributed by atoms with Crippen LogP contribution in [0.15, 0.2) is 33.7 Å². The molecular formula is C13H19BrIN3O. The molecule has 6 heteroatoms. The van der Waals surface area contributed by atoms with E-state index < -0.39 is 0 Å². The van der Waals surface area contributed by atoms with Crippen molar-refractivity contribution >= 4 is 45.9 Å². The molecular weight excluding hydrogens is 421 g/mol. The third-order valence-electron chi connectivity index (χ3n) is 3.47. The van der Waals surface area contributed by atoms with Crippen LogP contribution in [0.4, 0.5) is 0 Å².